The Hall–Kier alpha value is -2.12. The summed E-state index contributed by atoms with van der Waals surface area (Å²) in [5.41, 5.74) is 1.14. The molecular formula is C23H39N5O2. The van der Waals surface area contributed by atoms with Crippen molar-refractivity contribution < 1.29 is 9.53 Å². The number of likely N-dealkylation sites (tertiary alicyclic amines) is 1. The SMILES string of the molecule is CN=C(NCCCOC1CCN(Cc2ccccc2)CC1)NCC(=O)NC(C)(C)C. The van der Waals surface area contributed by atoms with Crippen LogP contribution in [-0.2, 0) is 16.1 Å². The van der Waals surface area contributed by atoms with Crippen LogP contribution < -0.4 is 16.0 Å². The molecule has 0 aromatic heterocycles. The van der Waals surface area contributed by atoms with Gasteiger partial charge in [0.25, 0.3) is 0 Å². The maximum atomic E-state index is 11.9. The van der Waals surface area contributed by atoms with Crippen LogP contribution in [0.4, 0.5) is 0 Å². The summed E-state index contributed by atoms with van der Waals surface area (Å²) < 4.78 is 6.06. The van der Waals surface area contributed by atoms with Crippen LogP contribution in [0.25, 0.3) is 0 Å². The highest BCUT2D eigenvalue weighted by molar-refractivity contribution is 5.86. The lowest BCUT2D eigenvalue weighted by Crippen LogP contribution is -2.48. The second kappa shape index (κ2) is 12.5. The third kappa shape index (κ3) is 10.1. The number of nitrogens with one attached hydrogen (secondary N) is 3. The van der Waals surface area contributed by atoms with Crippen LogP contribution in [-0.4, -0.2) is 68.2 Å². The van der Waals surface area contributed by atoms with Gasteiger partial charge in [-0.2, -0.15) is 0 Å². The zero-order valence-electron chi connectivity index (χ0n) is 19.0. The summed E-state index contributed by atoms with van der Waals surface area (Å²) in [6.07, 6.45) is 3.44. The van der Waals surface area contributed by atoms with E-state index in [4.69, 9.17) is 4.74 Å². The molecule has 2 rings (SSSR count). The molecule has 1 saturated heterocycles. The number of benzene rings is 1. The molecule has 0 saturated carbocycles. The van der Waals surface area contributed by atoms with Crippen molar-refractivity contribution in [1.29, 1.82) is 0 Å². The van der Waals surface area contributed by atoms with E-state index in [0.717, 1.165) is 52.0 Å². The van der Waals surface area contributed by atoms with Gasteiger partial charge in [-0.15, -0.1) is 0 Å². The normalized spacial score (nSPS) is 16.3. The minimum Gasteiger partial charge on any atom is -0.378 e. The Kier molecular flexibility index (Phi) is 10.1. The molecule has 1 fully saturated rings. The third-order valence-corrected chi connectivity index (χ3v) is 4.91. The fraction of sp³-hybridized carbons (Fsp3) is 0.652. The number of aliphatic imine (C=N–C) groups is 1. The van der Waals surface area contributed by atoms with E-state index in [1.807, 2.05) is 20.8 Å². The lowest BCUT2D eigenvalue weighted by molar-refractivity contribution is -0.121. The highest BCUT2D eigenvalue weighted by atomic mass is 16.5. The van der Waals surface area contributed by atoms with Gasteiger partial charge in [-0.25, -0.2) is 0 Å². The Morgan fingerprint density at radius 1 is 1.17 bits per heavy atom. The van der Waals surface area contributed by atoms with E-state index in [9.17, 15) is 4.79 Å². The largest absolute Gasteiger partial charge is 0.378 e. The van der Waals surface area contributed by atoms with Crippen LogP contribution in [0.5, 0.6) is 0 Å². The molecule has 1 aromatic carbocycles. The first-order valence-electron chi connectivity index (χ1n) is 11.0. The number of carbonyl (C=O) groups is 1. The van der Waals surface area contributed by atoms with E-state index >= 15 is 0 Å². The highest BCUT2D eigenvalue weighted by Crippen LogP contribution is 2.16. The number of carbonyl (C=O) groups excluding carboxylic acids is 1. The van der Waals surface area contributed by atoms with E-state index in [1.165, 1.54) is 5.56 Å². The van der Waals surface area contributed by atoms with Crippen molar-refractivity contribution in [3.8, 4) is 0 Å². The Balaban J connectivity index is 1.52. The Morgan fingerprint density at radius 3 is 2.50 bits per heavy atom. The van der Waals surface area contributed by atoms with Gasteiger partial charge in [-0.3, -0.25) is 14.7 Å². The first-order chi connectivity index (χ1) is 14.4. The average molecular weight is 418 g/mol. The van der Waals surface area contributed by atoms with E-state index in [-0.39, 0.29) is 18.0 Å². The summed E-state index contributed by atoms with van der Waals surface area (Å²) in [4.78, 5) is 18.5. The molecule has 1 amide bonds. The molecule has 3 N–H and O–H groups in total. The van der Waals surface area contributed by atoms with Gasteiger partial charge < -0.3 is 20.7 Å². The summed E-state index contributed by atoms with van der Waals surface area (Å²) in [7, 11) is 1.71. The summed E-state index contributed by atoms with van der Waals surface area (Å²) in [5.74, 6) is 0.584. The number of hydrogen-bond donors (Lipinski definition) is 3. The van der Waals surface area contributed by atoms with Crippen molar-refractivity contribution in [3.63, 3.8) is 0 Å². The van der Waals surface area contributed by atoms with Gasteiger partial charge in [0, 0.05) is 45.4 Å². The molecular weight excluding hydrogens is 378 g/mol. The van der Waals surface area contributed by atoms with Crippen LogP contribution in [0, 0.1) is 0 Å². The van der Waals surface area contributed by atoms with Crippen molar-refractivity contribution in [3.05, 3.63) is 35.9 Å². The Labute approximate surface area is 181 Å². The molecule has 1 aliphatic rings. The molecule has 1 heterocycles. The number of ether oxygens (including phenoxy) is 1. The maximum absolute atomic E-state index is 11.9. The van der Waals surface area contributed by atoms with E-state index in [0.29, 0.717) is 12.1 Å². The van der Waals surface area contributed by atoms with Gasteiger partial charge in [-0.1, -0.05) is 30.3 Å². The number of piperidine rings is 1. The Bertz CT molecular complexity index is 649. The molecule has 1 aliphatic heterocycles. The van der Waals surface area contributed by atoms with Gasteiger partial charge in [0.05, 0.1) is 12.6 Å². The molecule has 0 bridgehead atoms. The number of nitrogens with zero attached hydrogens (tertiary/aromatic N) is 2. The summed E-state index contributed by atoms with van der Waals surface area (Å²) >= 11 is 0. The first kappa shape index (κ1) is 24.2. The quantitative estimate of drug-likeness (QED) is 0.326. The van der Waals surface area contributed by atoms with Crippen molar-refractivity contribution >= 4 is 11.9 Å². The van der Waals surface area contributed by atoms with Crippen LogP contribution in [0.15, 0.2) is 35.3 Å². The zero-order valence-corrected chi connectivity index (χ0v) is 19.0. The van der Waals surface area contributed by atoms with Crippen molar-refractivity contribution in [2.24, 2.45) is 4.99 Å². The zero-order chi connectivity index (χ0) is 21.8. The molecule has 0 radical (unpaired) electrons. The van der Waals surface area contributed by atoms with E-state index in [1.54, 1.807) is 7.05 Å². The third-order valence-electron chi connectivity index (χ3n) is 4.91. The van der Waals surface area contributed by atoms with Gasteiger partial charge in [0.2, 0.25) is 5.91 Å². The number of hydrogen-bond acceptors (Lipinski definition) is 4. The number of rotatable bonds is 9. The van der Waals surface area contributed by atoms with Gasteiger partial charge in [-0.05, 0) is 45.6 Å². The van der Waals surface area contributed by atoms with Gasteiger partial charge in [0.15, 0.2) is 5.96 Å². The van der Waals surface area contributed by atoms with Crippen molar-refractivity contribution in [2.75, 3.05) is 39.8 Å². The molecule has 7 heteroatoms. The fourth-order valence-electron chi connectivity index (χ4n) is 3.45. The van der Waals surface area contributed by atoms with Crippen LogP contribution in [0.2, 0.25) is 0 Å². The minimum absolute atomic E-state index is 0.0487. The number of guanidine groups is 1. The van der Waals surface area contributed by atoms with E-state index in [2.05, 4.69) is 56.2 Å². The lowest BCUT2D eigenvalue weighted by atomic mass is 10.1. The minimum atomic E-state index is -0.231. The lowest BCUT2D eigenvalue weighted by Gasteiger charge is -2.32. The second-order valence-electron chi connectivity index (χ2n) is 8.84. The number of amides is 1. The highest BCUT2D eigenvalue weighted by Gasteiger charge is 2.19. The molecule has 168 valence electrons. The van der Waals surface area contributed by atoms with Crippen LogP contribution >= 0.6 is 0 Å². The average Bonchev–Trinajstić information content (AvgIpc) is 2.71. The summed E-state index contributed by atoms with van der Waals surface area (Å²) in [5, 5.41) is 9.19. The summed E-state index contributed by atoms with van der Waals surface area (Å²) in [6.45, 7) is 10.8. The molecule has 1 aromatic rings. The standard InChI is InChI=1S/C23H39N5O2/c1-23(2,3)27-21(29)17-26-22(24-4)25-13-8-16-30-20-11-14-28(15-12-20)18-19-9-6-5-7-10-19/h5-7,9-10,20H,8,11-18H2,1-4H3,(H,27,29)(H2,24,25,26). The predicted molar refractivity (Wildman–Crippen MR) is 123 cm³/mol. The predicted octanol–water partition coefficient (Wildman–Crippen LogP) is 2.14. The fourth-order valence-corrected chi connectivity index (χ4v) is 3.45. The molecule has 7 nitrogen and oxygen atoms in total. The molecule has 0 spiro atoms. The second-order valence-corrected chi connectivity index (χ2v) is 8.84. The molecule has 0 unspecified atom stereocenters. The maximum Gasteiger partial charge on any atom is 0.239 e. The Morgan fingerprint density at radius 2 is 1.87 bits per heavy atom. The van der Waals surface area contributed by atoms with Crippen LogP contribution in [0.3, 0.4) is 0 Å². The van der Waals surface area contributed by atoms with E-state index < -0.39 is 0 Å². The van der Waals surface area contributed by atoms with Gasteiger partial charge in [0.1, 0.15) is 0 Å². The first-order valence-corrected chi connectivity index (χ1v) is 11.0. The smallest absolute Gasteiger partial charge is 0.239 e. The molecule has 0 atom stereocenters. The van der Waals surface area contributed by atoms with Crippen LogP contribution in [0.1, 0.15) is 45.6 Å². The van der Waals surface area contributed by atoms with Gasteiger partial charge >= 0.3 is 0 Å². The van der Waals surface area contributed by atoms with Crippen molar-refractivity contribution in [2.45, 2.75) is 58.2 Å². The molecule has 0 aliphatic carbocycles. The van der Waals surface area contributed by atoms with Crippen molar-refractivity contribution in [1.82, 2.24) is 20.9 Å². The monoisotopic (exact) mass is 417 g/mol. The molecule has 30 heavy (non-hydrogen) atoms. The summed E-state index contributed by atoms with van der Waals surface area (Å²) in [6, 6.07) is 10.6. The topological polar surface area (TPSA) is 78.0 Å².